The molecule has 2 rings (SSSR count). The summed E-state index contributed by atoms with van der Waals surface area (Å²) in [4.78, 5) is 26.3. The largest absolute Gasteiger partial charge is 0.495 e. The number of nitrogens with one attached hydrogen (secondary N) is 2. The highest BCUT2D eigenvalue weighted by molar-refractivity contribution is 6.32. The lowest BCUT2D eigenvalue weighted by Gasteiger charge is -2.18. The Morgan fingerprint density at radius 1 is 0.966 bits per heavy atom. The molecule has 0 aliphatic carbocycles. The number of carbonyl (C=O) groups is 2. The average Bonchev–Trinajstić information content (AvgIpc) is 2.66. The van der Waals surface area contributed by atoms with Gasteiger partial charge >= 0.3 is 0 Å². The van der Waals surface area contributed by atoms with Crippen LogP contribution in [-0.4, -0.2) is 51.1 Å². The average molecular weight is 420 g/mol. The maximum Gasteiger partial charge on any atom is 0.238 e. The summed E-state index contributed by atoms with van der Waals surface area (Å²) in [6, 6.07) is 8.89. The van der Waals surface area contributed by atoms with Crippen molar-refractivity contribution < 1.29 is 19.1 Å². The van der Waals surface area contributed by atoms with Crippen LogP contribution in [0.4, 0.5) is 11.4 Å². The Bertz CT molecular complexity index is 902. The number of carbonyl (C=O) groups excluding carboxylic acids is 2. The van der Waals surface area contributed by atoms with Gasteiger partial charge in [0.1, 0.15) is 11.5 Å². The van der Waals surface area contributed by atoms with Crippen LogP contribution in [0, 0.1) is 13.8 Å². The lowest BCUT2D eigenvalue weighted by atomic mass is 10.1. The number of amides is 2. The molecule has 0 fully saturated rings. The molecule has 0 atom stereocenters. The van der Waals surface area contributed by atoms with Crippen molar-refractivity contribution in [3.05, 3.63) is 46.5 Å². The van der Waals surface area contributed by atoms with E-state index in [2.05, 4.69) is 10.6 Å². The van der Waals surface area contributed by atoms with Gasteiger partial charge in [-0.05, 0) is 38.1 Å². The molecule has 29 heavy (non-hydrogen) atoms. The fourth-order valence-electron chi connectivity index (χ4n) is 2.77. The zero-order valence-electron chi connectivity index (χ0n) is 17.3. The van der Waals surface area contributed by atoms with Crippen molar-refractivity contribution in [3.63, 3.8) is 0 Å². The minimum atomic E-state index is -0.297. The van der Waals surface area contributed by atoms with Crippen molar-refractivity contribution in [3.8, 4) is 11.5 Å². The number of hydrogen-bond acceptors (Lipinski definition) is 5. The van der Waals surface area contributed by atoms with Gasteiger partial charge in [0.2, 0.25) is 11.8 Å². The van der Waals surface area contributed by atoms with Crippen LogP contribution in [0.3, 0.4) is 0 Å². The molecule has 2 aromatic carbocycles. The first-order chi connectivity index (χ1) is 13.7. The van der Waals surface area contributed by atoms with E-state index in [1.807, 2.05) is 32.0 Å². The lowest BCUT2D eigenvalue weighted by molar-refractivity contribution is -0.119. The Balaban J connectivity index is 1.95. The number of hydrogen-bond donors (Lipinski definition) is 2. The minimum Gasteiger partial charge on any atom is -0.495 e. The Labute approximate surface area is 175 Å². The molecule has 0 spiro atoms. The molecule has 7 nitrogen and oxygen atoms in total. The number of rotatable bonds is 8. The third-order valence-corrected chi connectivity index (χ3v) is 4.75. The number of aryl methyl sites for hydroxylation is 1. The van der Waals surface area contributed by atoms with E-state index in [-0.39, 0.29) is 24.9 Å². The monoisotopic (exact) mass is 419 g/mol. The van der Waals surface area contributed by atoms with E-state index in [1.165, 1.54) is 14.2 Å². The normalized spacial score (nSPS) is 10.6. The molecule has 0 heterocycles. The lowest BCUT2D eigenvalue weighted by Crippen LogP contribution is -2.36. The van der Waals surface area contributed by atoms with E-state index >= 15 is 0 Å². The second-order valence-electron chi connectivity index (χ2n) is 6.70. The molecule has 156 valence electrons. The number of ether oxygens (including phenoxy) is 2. The van der Waals surface area contributed by atoms with E-state index in [0.717, 1.165) is 16.8 Å². The first kappa shape index (κ1) is 22.5. The molecule has 0 unspecified atom stereocenters. The van der Waals surface area contributed by atoms with Crippen molar-refractivity contribution in [1.82, 2.24) is 4.90 Å². The molecule has 2 N–H and O–H groups in total. The number of benzene rings is 2. The van der Waals surface area contributed by atoms with Crippen molar-refractivity contribution in [1.29, 1.82) is 0 Å². The second-order valence-corrected chi connectivity index (χ2v) is 7.11. The van der Waals surface area contributed by atoms with Gasteiger partial charge < -0.3 is 20.1 Å². The Hall–Kier alpha value is -2.77. The van der Waals surface area contributed by atoms with E-state index in [9.17, 15) is 9.59 Å². The topological polar surface area (TPSA) is 79.9 Å². The van der Waals surface area contributed by atoms with Gasteiger partial charge in [0, 0.05) is 17.8 Å². The molecule has 0 aliphatic heterocycles. The molecule has 8 heteroatoms. The van der Waals surface area contributed by atoms with E-state index in [1.54, 1.807) is 24.1 Å². The van der Waals surface area contributed by atoms with Gasteiger partial charge in [-0.3, -0.25) is 14.5 Å². The molecule has 0 bridgehead atoms. The van der Waals surface area contributed by atoms with Crippen LogP contribution in [0.15, 0.2) is 30.3 Å². The molecule has 0 radical (unpaired) electrons. The SMILES string of the molecule is COc1cc(NC(=O)CN(C)CC(=O)Nc2cccc(C)c2C)c(OC)cc1Cl. The van der Waals surface area contributed by atoms with Crippen LogP contribution in [0.25, 0.3) is 0 Å². The maximum atomic E-state index is 12.4. The Kier molecular flexibility index (Phi) is 7.87. The Morgan fingerprint density at radius 3 is 2.14 bits per heavy atom. The zero-order chi connectivity index (χ0) is 21.6. The van der Waals surface area contributed by atoms with Crippen molar-refractivity contribution in [2.75, 3.05) is 45.0 Å². The van der Waals surface area contributed by atoms with Crippen molar-refractivity contribution in [2.24, 2.45) is 0 Å². The standard InChI is InChI=1S/C21H26ClN3O4/c1-13-7-6-8-16(14(13)2)23-20(26)11-25(3)12-21(27)24-17-10-18(28-4)15(22)9-19(17)29-5/h6-10H,11-12H2,1-5H3,(H,23,26)(H,24,27). The summed E-state index contributed by atoms with van der Waals surface area (Å²) in [5.41, 5.74) is 3.32. The third-order valence-electron chi connectivity index (χ3n) is 4.45. The van der Waals surface area contributed by atoms with Crippen LogP contribution in [0.5, 0.6) is 11.5 Å². The number of anilines is 2. The molecule has 2 aromatic rings. The van der Waals surface area contributed by atoms with Gasteiger partial charge in [-0.2, -0.15) is 0 Å². The first-order valence-corrected chi connectivity index (χ1v) is 9.39. The quantitative estimate of drug-likeness (QED) is 0.684. The van der Waals surface area contributed by atoms with Crippen LogP contribution in [0.1, 0.15) is 11.1 Å². The zero-order valence-corrected chi connectivity index (χ0v) is 18.0. The molecular formula is C21H26ClN3O4. The fraction of sp³-hybridized carbons (Fsp3) is 0.333. The summed E-state index contributed by atoms with van der Waals surface area (Å²) in [7, 11) is 4.67. The summed E-state index contributed by atoms with van der Waals surface area (Å²) in [5.74, 6) is 0.345. The predicted octanol–water partition coefficient (Wildman–Crippen LogP) is 3.48. The van der Waals surface area contributed by atoms with Gasteiger partial charge in [-0.15, -0.1) is 0 Å². The molecule has 2 amide bonds. The van der Waals surface area contributed by atoms with Gasteiger partial charge in [0.25, 0.3) is 0 Å². The van der Waals surface area contributed by atoms with Crippen molar-refractivity contribution in [2.45, 2.75) is 13.8 Å². The molecular weight excluding hydrogens is 394 g/mol. The summed E-state index contributed by atoms with van der Waals surface area (Å²) in [6.45, 7) is 4.04. The molecule has 0 aromatic heterocycles. The highest BCUT2D eigenvalue weighted by atomic mass is 35.5. The van der Waals surface area contributed by atoms with E-state index in [4.69, 9.17) is 21.1 Å². The molecule has 0 saturated carbocycles. The number of nitrogens with zero attached hydrogens (tertiary/aromatic N) is 1. The second kappa shape index (κ2) is 10.1. The fourth-order valence-corrected chi connectivity index (χ4v) is 3.00. The summed E-state index contributed by atoms with van der Waals surface area (Å²) >= 11 is 6.08. The summed E-state index contributed by atoms with van der Waals surface area (Å²) < 4.78 is 10.4. The molecule has 0 saturated heterocycles. The highest BCUT2D eigenvalue weighted by Gasteiger charge is 2.15. The minimum absolute atomic E-state index is 0.0221. The summed E-state index contributed by atoms with van der Waals surface area (Å²) in [5, 5.41) is 6.02. The number of likely N-dealkylation sites (N-methyl/N-ethyl adjacent to an activating group) is 1. The van der Waals surface area contributed by atoms with Gasteiger partial charge in [-0.1, -0.05) is 23.7 Å². The van der Waals surface area contributed by atoms with E-state index < -0.39 is 0 Å². The number of methoxy groups -OCH3 is 2. The smallest absolute Gasteiger partial charge is 0.238 e. The summed E-state index contributed by atoms with van der Waals surface area (Å²) in [6.07, 6.45) is 0. The van der Waals surface area contributed by atoms with Crippen molar-refractivity contribution >= 4 is 34.8 Å². The number of halogens is 1. The molecule has 0 aliphatic rings. The maximum absolute atomic E-state index is 12.4. The predicted molar refractivity (Wildman–Crippen MR) is 115 cm³/mol. The van der Waals surface area contributed by atoms with Gasteiger partial charge in [0.15, 0.2) is 0 Å². The van der Waals surface area contributed by atoms with Gasteiger partial charge in [-0.25, -0.2) is 0 Å². The first-order valence-electron chi connectivity index (χ1n) is 9.01. The van der Waals surface area contributed by atoms with Crippen LogP contribution in [-0.2, 0) is 9.59 Å². The van der Waals surface area contributed by atoms with Gasteiger partial charge in [0.05, 0.1) is 38.0 Å². The van der Waals surface area contributed by atoms with Crippen LogP contribution in [0.2, 0.25) is 5.02 Å². The third kappa shape index (κ3) is 6.10. The van der Waals surface area contributed by atoms with Crippen LogP contribution < -0.4 is 20.1 Å². The van der Waals surface area contributed by atoms with E-state index in [0.29, 0.717) is 22.2 Å². The van der Waals surface area contributed by atoms with Crippen LogP contribution >= 0.6 is 11.6 Å². The highest BCUT2D eigenvalue weighted by Crippen LogP contribution is 2.35. The Morgan fingerprint density at radius 2 is 1.55 bits per heavy atom.